The molecule has 66 valence electrons. The number of benzene rings is 1. The Kier molecular flexibility index (Phi) is 2.88. The molecule has 1 aromatic carbocycles. The number of halogens is 1. The number of rotatable bonds is 1. The Morgan fingerprint density at radius 1 is 1.62 bits per heavy atom. The smallest absolute Gasteiger partial charge is 0.163 e. The Morgan fingerprint density at radius 2 is 2.23 bits per heavy atom. The van der Waals surface area contributed by atoms with Gasteiger partial charge in [-0.1, -0.05) is 0 Å². The number of carbonyl (C=O) groups excluding carboxylic acids is 1. The molecule has 0 amide bonds. The molecule has 0 unspecified atom stereocenters. The molecule has 3 nitrogen and oxygen atoms in total. The minimum Gasteiger partial charge on any atom is -0.506 e. The van der Waals surface area contributed by atoms with Crippen LogP contribution in [-0.4, -0.2) is 10.9 Å². The second-order valence-electron chi connectivity index (χ2n) is 2.49. The first-order chi connectivity index (χ1) is 6.07. The van der Waals surface area contributed by atoms with Crippen LogP contribution < -0.4 is 0 Å². The van der Waals surface area contributed by atoms with Gasteiger partial charge in [-0.3, -0.25) is 4.79 Å². The largest absolute Gasteiger partial charge is 0.506 e. The van der Waals surface area contributed by atoms with Gasteiger partial charge in [0.1, 0.15) is 11.8 Å². The van der Waals surface area contributed by atoms with Gasteiger partial charge < -0.3 is 5.11 Å². The van der Waals surface area contributed by atoms with Crippen LogP contribution in [0.4, 0.5) is 0 Å². The highest BCUT2D eigenvalue weighted by Crippen LogP contribution is 2.27. The molecular formula is C9H6INO2. The topological polar surface area (TPSA) is 61.1 Å². The van der Waals surface area contributed by atoms with Gasteiger partial charge in [-0.25, -0.2) is 0 Å². The molecule has 1 rings (SSSR count). The van der Waals surface area contributed by atoms with Gasteiger partial charge in [0.25, 0.3) is 0 Å². The lowest BCUT2D eigenvalue weighted by Gasteiger charge is -2.03. The van der Waals surface area contributed by atoms with Crippen LogP contribution in [-0.2, 0) is 0 Å². The van der Waals surface area contributed by atoms with E-state index in [-0.39, 0.29) is 17.1 Å². The normalized spacial score (nSPS) is 9.31. The molecular weight excluding hydrogens is 281 g/mol. The van der Waals surface area contributed by atoms with E-state index in [1.807, 2.05) is 28.7 Å². The summed E-state index contributed by atoms with van der Waals surface area (Å²) in [5, 5.41) is 18.1. The number of aromatic hydroxyl groups is 1. The van der Waals surface area contributed by atoms with Crippen LogP contribution in [0.25, 0.3) is 0 Å². The summed E-state index contributed by atoms with van der Waals surface area (Å²) in [6.07, 6.45) is 0. The maximum atomic E-state index is 11.0. The van der Waals surface area contributed by atoms with Crippen molar-refractivity contribution in [3.05, 3.63) is 26.8 Å². The summed E-state index contributed by atoms with van der Waals surface area (Å²) in [5.41, 5.74) is 0.631. The molecule has 0 bridgehead atoms. The number of carbonyl (C=O) groups is 1. The van der Waals surface area contributed by atoms with Crippen molar-refractivity contribution in [2.75, 3.05) is 0 Å². The van der Waals surface area contributed by atoms with E-state index in [4.69, 9.17) is 5.26 Å². The number of ketones is 1. The van der Waals surface area contributed by atoms with Gasteiger partial charge in [0.2, 0.25) is 0 Å². The SMILES string of the molecule is CC(=O)c1ccc(C#N)c(I)c1O. The number of phenols is 1. The predicted octanol–water partition coefficient (Wildman–Crippen LogP) is 2.07. The standard InChI is InChI=1S/C9H6INO2/c1-5(12)7-3-2-6(4-11)8(10)9(7)13/h2-3,13H,1H3. The number of hydrogen-bond donors (Lipinski definition) is 1. The second-order valence-corrected chi connectivity index (χ2v) is 3.57. The third-order valence-electron chi connectivity index (χ3n) is 1.62. The minimum atomic E-state index is -0.208. The monoisotopic (exact) mass is 287 g/mol. The number of phenolic OH excluding ortho intramolecular Hbond substituents is 1. The lowest BCUT2D eigenvalue weighted by atomic mass is 10.1. The fraction of sp³-hybridized carbons (Fsp3) is 0.111. The van der Waals surface area contributed by atoms with E-state index in [1.165, 1.54) is 19.1 Å². The highest BCUT2D eigenvalue weighted by atomic mass is 127. The summed E-state index contributed by atoms with van der Waals surface area (Å²) in [6.45, 7) is 1.37. The van der Waals surface area contributed by atoms with Gasteiger partial charge in [0.05, 0.1) is 14.7 Å². The molecule has 0 radical (unpaired) electrons. The molecule has 0 saturated heterocycles. The van der Waals surface area contributed by atoms with E-state index >= 15 is 0 Å². The van der Waals surface area contributed by atoms with Crippen LogP contribution in [0.2, 0.25) is 0 Å². The van der Waals surface area contributed by atoms with E-state index in [0.717, 1.165) is 0 Å². The van der Waals surface area contributed by atoms with Crippen molar-refractivity contribution in [1.82, 2.24) is 0 Å². The Labute approximate surface area is 89.1 Å². The quantitative estimate of drug-likeness (QED) is 0.635. The first kappa shape index (κ1) is 9.99. The molecule has 0 atom stereocenters. The first-order valence-corrected chi connectivity index (χ1v) is 4.58. The van der Waals surface area contributed by atoms with E-state index in [0.29, 0.717) is 9.13 Å². The van der Waals surface area contributed by atoms with Gasteiger partial charge in [-0.15, -0.1) is 0 Å². The Balaban J connectivity index is 3.42. The molecule has 0 aliphatic rings. The number of nitrogens with zero attached hydrogens (tertiary/aromatic N) is 1. The lowest BCUT2D eigenvalue weighted by molar-refractivity contribution is 0.101. The molecule has 0 fully saturated rings. The minimum absolute atomic E-state index is 0.104. The average Bonchev–Trinajstić information content (AvgIpc) is 2.09. The fourth-order valence-corrected chi connectivity index (χ4v) is 1.53. The zero-order valence-corrected chi connectivity index (χ0v) is 8.99. The maximum Gasteiger partial charge on any atom is 0.163 e. The van der Waals surface area contributed by atoms with Crippen molar-refractivity contribution in [3.8, 4) is 11.8 Å². The van der Waals surface area contributed by atoms with Gasteiger partial charge in [0, 0.05) is 0 Å². The number of Topliss-reactive ketones (excluding diaryl/α,β-unsaturated/α-hetero) is 1. The van der Waals surface area contributed by atoms with Crippen molar-refractivity contribution >= 4 is 28.4 Å². The van der Waals surface area contributed by atoms with Crippen LogP contribution >= 0.6 is 22.6 Å². The van der Waals surface area contributed by atoms with E-state index in [1.54, 1.807) is 0 Å². The third-order valence-corrected chi connectivity index (χ3v) is 2.71. The van der Waals surface area contributed by atoms with E-state index in [9.17, 15) is 9.90 Å². The predicted molar refractivity (Wildman–Crippen MR) is 55.5 cm³/mol. The lowest BCUT2D eigenvalue weighted by Crippen LogP contribution is -1.95. The molecule has 1 N–H and O–H groups in total. The first-order valence-electron chi connectivity index (χ1n) is 3.50. The molecule has 4 heteroatoms. The van der Waals surface area contributed by atoms with Crippen molar-refractivity contribution in [2.45, 2.75) is 6.92 Å². The van der Waals surface area contributed by atoms with Gasteiger partial charge in [0.15, 0.2) is 5.78 Å². The van der Waals surface area contributed by atoms with Crippen molar-refractivity contribution in [2.24, 2.45) is 0 Å². The second kappa shape index (κ2) is 3.75. The van der Waals surface area contributed by atoms with Gasteiger partial charge >= 0.3 is 0 Å². The van der Waals surface area contributed by atoms with Gasteiger partial charge in [-0.2, -0.15) is 5.26 Å². The molecule has 0 aliphatic carbocycles. The summed E-state index contributed by atoms with van der Waals surface area (Å²) >= 11 is 1.84. The van der Waals surface area contributed by atoms with E-state index < -0.39 is 0 Å². The Bertz CT molecular complexity index is 407. The van der Waals surface area contributed by atoms with Crippen molar-refractivity contribution < 1.29 is 9.90 Å². The fourth-order valence-electron chi connectivity index (χ4n) is 0.935. The zero-order valence-electron chi connectivity index (χ0n) is 6.84. The Morgan fingerprint density at radius 3 is 2.69 bits per heavy atom. The van der Waals surface area contributed by atoms with Crippen LogP contribution in [0, 0.1) is 14.9 Å². The highest BCUT2D eigenvalue weighted by molar-refractivity contribution is 14.1. The maximum absolute atomic E-state index is 11.0. The summed E-state index contributed by atoms with van der Waals surface area (Å²) in [7, 11) is 0. The highest BCUT2D eigenvalue weighted by Gasteiger charge is 2.12. The van der Waals surface area contributed by atoms with Crippen LogP contribution in [0.3, 0.4) is 0 Å². The van der Waals surface area contributed by atoms with Crippen LogP contribution in [0.1, 0.15) is 22.8 Å². The molecule has 0 aromatic heterocycles. The summed E-state index contributed by atoms with van der Waals surface area (Å²) in [4.78, 5) is 11.0. The molecule has 0 spiro atoms. The summed E-state index contributed by atoms with van der Waals surface area (Å²) in [5.74, 6) is -0.313. The van der Waals surface area contributed by atoms with Crippen LogP contribution in [0.5, 0.6) is 5.75 Å². The van der Waals surface area contributed by atoms with Crippen molar-refractivity contribution in [3.63, 3.8) is 0 Å². The van der Waals surface area contributed by atoms with Crippen LogP contribution in [0.15, 0.2) is 12.1 Å². The van der Waals surface area contributed by atoms with Crippen molar-refractivity contribution in [1.29, 1.82) is 5.26 Å². The molecule has 0 heterocycles. The molecule has 1 aromatic rings. The Hall–Kier alpha value is -1.09. The van der Waals surface area contributed by atoms with Gasteiger partial charge in [-0.05, 0) is 41.6 Å². The van der Waals surface area contributed by atoms with E-state index in [2.05, 4.69) is 0 Å². The summed E-state index contributed by atoms with van der Waals surface area (Å²) < 4.78 is 0.424. The number of hydrogen-bond acceptors (Lipinski definition) is 3. The summed E-state index contributed by atoms with van der Waals surface area (Å²) in [6, 6.07) is 4.91. The molecule has 0 aliphatic heterocycles. The third kappa shape index (κ3) is 1.80. The average molecular weight is 287 g/mol. The molecule has 13 heavy (non-hydrogen) atoms. The number of nitriles is 1. The molecule has 0 saturated carbocycles. The zero-order chi connectivity index (χ0) is 10.0.